The average molecular weight is 473 g/mol. The van der Waals surface area contributed by atoms with Crippen molar-refractivity contribution in [3.8, 4) is 0 Å². The Morgan fingerprint density at radius 3 is 2.07 bits per heavy atom. The molecule has 0 saturated carbocycles. The number of benzene rings is 3. The lowest BCUT2D eigenvalue weighted by atomic mass is 10.1. The molecule has 0 bridgehead atoms. The highest BCUT2D eigenvalue weighted by Crippen LogP contribution is 2.17. The van der Waals surface area contributed by atoms with Crippen molar-refractivity contribution in [1.29, 1.82) is 0 Å². The number of sulfonamides is 1. The Labute approximate surface area is 179 Å². The number of hydrogen-bond acceptors (Lipinski definition) is 3. The molecule has 0 fully saturated rings. The van der Waals surface area contributed by atoms with Crippen molar-refractivity contribution in [2.75, 3.05) is 18.4 Å². The molecule has 0 spiro atoms. The zero-order chi connectivity index (χ0) is 20.7. The molecule has 150 valence electrons. The SMILES string of the molecule is O=C(CN(CCc1ccccc1)S(=O)(=O)c1ccccc1)Nc1ccc(Br)cc1. The van der Waals surface area contributed by atoms with Crippen LogP contribution in [0.2, 0.25) is 0 Å². The molecule has 0 aliphatic heterocycles. The monoisotopic (exact) mass is 472 g/mol. The van der Waals surface area contributed by atoms with Gasteiger partial charge in [0.1, 0.15) is 0 Å². The third-order valence-electron chi connectivity index (χ3n) is 4.32. The predicted molar refractivity (Wildman–Crippen MR) is 118 cm³/mol. The zero-order valence-corrected chi connectivity index (χ0v) is 18.1. The van der Waals surface area contributed by atoms with E-state index < -0.39 is 10.0 Å². The molecule has 0 saturated heterocycles. The van der Waals surface area contributed by atoms with Gasteiger partial charge < -0.3 is 5.32 Å². The minimum atomic E-state index is -3.80. The normalized spacial score (nSPS) is 11.4. The zero-order valence-electron chi connectivity index (χ0n) is 15.7. The summed E-state index contributed by atoms with van der Waals surface area (Å²) in [7, 11) is -3.80. The molecule has 3 aromatic carbocycles. The Kier molecular flexibility index (Phi) is 7.19. The standard InChI is InChI=1S/C22H21BrN2O3S/c23-19-11-13-20(14-12-19)24-22(26)17-25(16-15-18-7-3-1-4-8-18)29(27,28)21-9-5-2-6-10-21/h1-14H,15-17H2,(H,24,26). The molecule has 5 nitrogen and oxygen atoms in total. The number of carbonyl (C=O) groups is 1. The minimum absolute atomic E-state index is 0.171. The lowest BCUT2D eigenvalue weighted by molar-refractivity contribution is -0.116. The molecule has 0 atom stereocenters. The van der Waals surface area contributed by atoms with Crippen molar-refractivity contribution in [3.05, 3.63) is 95.0 Å². The maximum absolute atomic E-state index is 13.1. The van der Waals surface area contributed by atoms with Crippen molar-refractivity contribution in [2.24, 2.45) is 0 Å². The van der Waals surface area contributed by atoms with Gasteiger partial charge in [0.2, 0.25) is 15.9 Å². The first-order chi connectivity index (χ1) is 13.9. The largest absolute Gasteiger partial charge is 0.325 e. The topological polar surface area (TPSA) is 66.5 Å². The van der Waals surface area contributed by atoms with Gasteiger partial charge in [-0.2, -0.15) is 4.31 Å². The first kappa shape index (κ1) is 21.2. The molecule has 0 aliphatic rings. The summed E-state index contributed by atoms with van der Waals surface area (Å²) in [6.45, 7) is -0.0604. The Bertz CT molecular complexity index is 1040. The third kappa shape index (κ3) is 6.00. The summed E-state index contributed by atoms with van der Waals surface area (Å²) >= 11 is 3.35. The maximum atomic E-state index is 13.1. The second-order valence-corrected chi connectivity index (χ2v) is 9.30. The van der Waals surface area contributed by atoms with Crippen LogP contribution in [0.25, 0.3) is 0 Å². The molecule has 0 radical (unpaired) electrons. The smallest absolute Gasteiger partial charge is 0.243 e. The molecular formula is C22H21BrN2O3S. The third-order valence-corrected chi connectivity index (χ3v) is 6.71. The first-order valence-electron chi connectivity index (χ1n) is 9.10. The number of rotatable bonds is 8. The lowest BCUT2D eigenvalue weighted by Gasteiger charge is -2.22. The van der Waals surface area contributed by atoms with Gasteiger partial charge in [-0.15, -0.1) is 0 Å². The van der Waals surface area contributed by atoms with Gasteiger partial charge in [-0.25, -0.2) is 8.42 Å². The van der Waals surface area contributed by atoms with Gasteiger partial charge in [-0.1, -0.05) is 64.5 Å². The van der Waals surface area contributed by atoms with E-state index >= 15 is 0 Å². The van der Waals surface area contributed by atoms with Crippen molar-refractivity contribution in [2.45, 2.75) is 11.3 Å². The van der Waals surface area contributed by atoms with E-state index in [0.717, 1.165) is 10.0 Å². The molecule has 29 heavy (non-hydrogen) atoms. The highest BCUT2D eigenvalue weighted by Gasteiger charge is 2.26. The number of hydrogen-bond donors (Lipinski definition) is 1. The van der Waals surface area contributed by atoms with Crippen LogP contribution in [0.15, 0.2) is 94.3 Å². The van der Waals surface area contributed by atoms with Gasteiger partial charge in [0.15, 0.2) is 0 Å². The molecule has 7 heteroatoms. The Morgan fingerprint density at radius 2 is 1.45 bits per heavy atom. The Morgan fingerprint density at radius 1 is 0.862 bits per heavy atom. The molecule has 3 aromatic rings. The summed E-state index contributed by atoms with van der Waals surface area (Å²) in [5.74, 6) is -0.389. The van der Waals surface area contributed by atoms with Crippen molar-refractivity contribution >= 4 is 37.5 Å². The summed E-state index contributed by atoms with van der Waals surface area (Å²) < 4.78 is 28.4. The van der Waals surface area contributed by atoms with Gasteiger partial charge in [-0.05, 0) is 48.4 Å². The van der Waals surface area contributed by atoms with Crippen molar-refractivity contribution in [3.63, 3.8) is 0 Å². The van der Waals surface area contributed by atoms with Crippen LogP contribution in [0.1, 0.15) is 5.56 Å². The van der Waals surface area contributed by atoms with Gasteiger partial charge in [0, 0.05) is 16.7 Å². The lowest BCUT2D eigenvalue weighted by Crippen LogP contribution is -2.39. The number of carbonyl (C=O) groups excluding carboxylic acids is 1. The van der Waals surface area contributed by atoms with Gasteiger partial charge in [0.05, 0.1) is 11.4 Å². The van der Waals surface area contributed by atoms with Crippen LogP contribution in [-0.4, -0.2) is 31.7 Å². The Hall–Kier alpha value is -2.48. The summed E-state index contributed by atoms with van der Waals surface area (Å²) in [5.41, 5.74) is 1.62. The molecule has 1 N–H and O–H groups in total. The van der Waals surface area contributed by atoms with E-state index in [1.54, 1.807) is 30.3 Å². The number of halogens is 1. The molecule has 0 heterocycles. The Balaban J connectivity index is 1.78. The molecular weight excluding hydrogens is 452 g/mol. The fraction of sp³-hybridized carbons (Fsp3) is 0.136. The second kappa shape index (κ2) is 9.82. The van der Waals surface area contributed by atoms with Crippen LogP contribution in [-0.2, 0) is 21.2 Å². The van der Waals surface area contributed by atoms with Crippen molar-refractivity contribution in [1.82, 2.24) is 4.31 Å². The van der Waals surface area contributed by atoms with Crippen LogP contribution < -0.4 is 5.32 Å². The van der Waals surface area contributed by atoms with Gasteiger partial charge >= 0.3 is 0 Å². The molecule has 3 rings (SSSR count). The van der Waals surface area contributed by atoms with Crippen LogP contribution in [0, 0.1) is 0 Å². The van der Waals surface area contributed by atoms with E-state index in [1.807, 2.05) is 42.5 Å². The molecule has 0 aromatic heterocycles. The van der Waals surface area contributed by atoms with Crippen molar-refractivity contribution < 1.29 is 13.2 Å². The van der Waals surface area contributed by atoms with E-state index in [-0.39, 0.29) is 23.9 Å². The molecule has 1 amide bonds. The number of anilines is 1. The maximum Gasteiger partial charge on any atom is 0.243 e. The summed E-state index contributed by atoms with van der Waals surface area (Å²) in [6, 6.07) is 24.9. The highest BCUT2D eigenvalue weighted by molar-refractivity contribution is 9.10. The summed E-state index contributed by atoms with van der Waals surface area (Å²) in [5, 5.41) is 2.76. The van der Waals surface area contributed by atoms with E-state index in [2.05, 4.69) is 21.2 Å². The number of amides is 1. The van der Waals surface area contributed by atoms with Gasteiger partial charge in [-0.3, -0.25) is 4.79 Å². The average Bonchev–Trinajstić information content (AvgIpc) is 2.74. The predicted octanol–water partition coefficient (Wildman–Crippen LogP) is 4.32. The number of nitrogens with zero attached hydrogens (tertiary/aromatic N) is 1. The van der Waals surface area contributed by atoms with Crippen LogP contribution in [0.5, 0.6) is 0 Å². The second-order valence-electron chi connectivity index (χ2n) is 6.44. The van der Waals surface area contributed by atoms with Crippen LogP contribution >= 0.6 is 15.9 Å². The fourth-order valence-electron chi connectivity index (χ4n) is 2.82. The molecule has 0 unspecified atom stereocenters. The first-order valence-corrected chi connectivity index (χ1v) is 11.3. The van der Waals surface area contributed by atoms with E-state index in [9.17, 15) is 13.2 Å². The van der Waals surface area contributed by atoms with Crippen LogP contribution in [0.3, 0.4) is 0 Å². The van der Waals surface area contributed by atoms with Crippen LogP contribution in [0.4, 0.5) is 5.69 Å². The minimum Gasteiger partial charge on any atom is -0.325 e. The summed E-state index contributed by atoms with van der Waals surface area (Å²) in [4.78, 5) is 12.7. The fourth-order valence-corrected chi connectivity index (χ4v) is 4.50. The van der Waals surface area contributed by atoms with E-state index in [0.29, 0.717) is 12.1 Å². The summed E-state index contributed by atoms with van der Waals surface area (Å²) in [6.07, 6.45) is 0.512. The quantitative estimate of drug-likeness (QED) is 0.530. The molecule has 0 aliphatic carbocycles. The van der Waals surface area contributed by atoms with E-state index in [1.165, 1.54) is 16.4 Å². The highest BCUT2D eigenvalue weighted by atomic mass is 79.9. The van der Waals surface area contributed by atoms with Gasteiger partial charge in [0.25, 0.3) is 0 Å². The number of nitrogens with one attached hydrogen (secondary N) is 1. The van der Waals surface area contributed by atoms with E-state index in [4.69, 9.17) is 0 Å².